The lowest BCUT2D eigenvalue weighted by Crippen LogP contribution is -2.30. The minimum atomic E-state index is -2.39. The Bertz CT molecular complexity index is 317. The van der Waals surface area contributed by atoms with E-state index in [0.717, 1.165) is 0 Å². The second-order valence-electron chi connectivity index (χ2n) is 1.88. The average Bonchev–Trinajstić information content (AvgIpc) is 2.04. The van der Waals surface area contributed by atoms with E-state index in [2.05, 4.69) is 15.3 Å². The van der Waals surface area contributed by atoms with E-state index >= 15 is 0 Å². The molecule has 1 heterocycles. The van der Waals surface area contributed by atoms with Crippen LogP contribution in [0.25, 0.3) is 0 Å². The molecule has 3 N–H and O–H groups in total. The lowest BCUT2D eigenvalue weighted by atomic mass is 10.7. The van der Waals surface area contributed by atoms with Gasteiger partial charge in [0.15, 0.2) is 0 Å². The Morgan fingerprint density at radius 2 is 2.08 bits per heavy atom. The molecule has 0 bridgehead atoms. The number of amides is 2. The average molecular weight is 202 g/mol. The first-order valence-electron chi connectivity index (χ1n) is 3.14. The van der Waals surface area contributed by atoms with Crippen LogP contribution in [-0.4, -0.2) is 24.8 Å². The maximum absolute atomic E-state index is 10.8. The van der Waals surface area contributed by atoms with Gasteiger partial charge in [-0.3, -0.25) is 9.87 Å². The van der Waals surface area contributed by atoms with Crippen molar-refractivity contribution in [2.75, 3.05) is 5.32 Å². The summed E-state index contributed by atoms with van der Waals surface area (Å²) in [5.74, 6) is 0.0606. The Kier molecular flexibility index (Phi) is 3.29. The van der Waals surface area contributed by atoms with Crippen LogP contribution in [0.1, 0.15) is 0 Å². The maximum atomic E-state index is 10.8. The molecule has 1 aromatic heterocycles. The first-order valence-corrected chi connectivity index (χ1v) is 4.24. The van der Waals surface area contributed by atoms with Gasteiger partial charge >= 0.3 is 6.03 Å². The Morgan fingerprint density at radius 1 is 1.46 bits per heavy atom. The summed E-state index contributed by atoms with van der Waals surface area (Å²) in [6.07, 6.45) is 2.86. The number of rotatable bonds is 2. The van der Waals surface area contributed by atoms with E-state index in [9.17, 15) is 9.00 Å². The molecule has 0 radical (unpaired) electrons. The Hall–Kier alpha value is -1.54. The molecule has 1 unspecified atom stereocenters. The highest BCUT2D eigenvalue weighted by Crippen LogP contribution is 1.92. The molecular formula is C5H6N4O3S. The van der Waals surface area contributed by atoms with Gasteiger partial charge in [0, 0.05) is 12.4 Å². The topological polar surface area (TPSA) is 104 Å². The Labute approximate surface area is 76.0 Å². The van der Waals surface area contributed by atoms with Crippen LogP contribution >= 0.6 is 0 Å². The number of hydrogen-bond donors (Lipinski definition) is 3. The van der Waals surface area contributed by atoms with Crippen molar-refractivity contribution in [3.63, 3.8) is 0 Å². The number of aromatic nitrogens is 2. The SMILES string of the molecule is O=C(Nc1ncccn1)NS(=O)O. The molecule has 0 saturated carbocycles. The number of carbonyl (C=O) groups excluding carboxylic acids is 1. The second-order valence-corrected chi connectivity index (χ2v) is 2.58. The molecule has 0 saturated heterocycles. The molecule has 13 heavy (non-hydrogen) atoms. The van der Waals surface area contributed by atoms with Gasteiger partial charge in [-0.25, -0.2) is 23.7 Å². The highest BCUT2D eigenvalue weighted by atomic mass is 32.2. The number of urea groups is 1. The van der Waals surface area contributed by atoms with Gasteiger partial charge in [-0.2, -0.15) is 0 Å². The van der Waals surface area contributed by atoms with Gasteiger partial charge < -0.3 is 0 Å². The van der Waals surface area contributed by atoms with Crippen molar-refractivity contribution in [3.05, 3.63) is 18.5 Å². The number of nitrogens with one attached hydrogen (secondary N) is 2. The van der Waals surface area contributed by atoms with Crippen molar-refractivity contribution in [3.8, 4) is 0 Å². The molecule has 0 fully saturated rings. The number of hydrogen-bond acceptors (Lipinski definition) is 4. The molecule has 7 nitrogen and oxygen atoms in total. The molecule has 70 valence electrons. The van der Waals surface area contributed by atoms with Gasteiger partial charge in [0.1, 0.15) is 0 Å². The smallest absolute Gasteiger partial charge is 0.289 e. The van der Waals surface area contributed by atoms with E-state index in [1.807, 2.05) is 0 Å². The predicted octanol–water partition coefficient (Wildman–Crippen LogP) is -0.265. The van der Waals surface area contributed by atoms with Gasteiger partial charge in [-0.1, -0.05) is 0 Å². The lowest BCUT2D eigenvalue weighted by Gasteiger charge is -2.00. The maximum Gasteiger partial charge on any atom is 0.335 e. The van der Waals surface area contributed by atoms with Crippen molar-refractivity contribution in [1.82, 2.24) is 14.7 Å². The van der Waals surface area contributed by atoms with E-state index in [-0.39, 0.29) is 5.95 Å². The Balaban J connectivity index is 2.50. The highest BCUT2D eigenvalue weighted by molar-refractivity contribution is 7.77. The molecule has 0 aliphatic carbocycles. The summed E-state index contributed by atoms with van der Waals surface area (Å²) in [4.78, 5) is 18.1. The van der Waals surface area contributed by atoms with Crippen molar-refractivity contribution < 1.29 is 13.6 Å². The summed E-state index contributed by atoms with van der Waals surface area (Å²) in [6.45, 7) is 0. The fourth-order valence-corrected chi connectivity index (χ4v) is 0.780. The fraction of sp³-hybridized carbons (Fsp3) is 0. The number of carbonyl (C=O) groups is 1. The van der Waals surface area contributed by atoms with Crippen LogP contribution in [0.3, 0.4) is 0 Å². The van der Waals surface area contributed by atoms with Crippen LogP contribution in [0.2, 0.25) is 0 Å². The molecule has 0 aliphatic heterocycles. The van der Waals surface area contributed by atoms with Crippen molar-refractivity contribution in [1.29, 1.82) is 0 Å². The molecule has 0 aliphatic rings. The van der Waals surface area contributed by atoms with Crippen molar-refractivity contribution in [2.24, 2.45) is 0 Å². The van der Waals surface area contributed by atoms with Gasteiger partial charge in [-0.05, 0) is 6.07 Å². The number of anilines is 1. The normalized spacial score (nSPS) is 11.8. The third-order valence-corrected chi connectivity index (χ3v) is 1.33. The van der Waals surface area contributed by atoms with E-state index in [1.54, 1.807) is 10.8 Å². The third kappa shape index (κ3) is 3.58. The standard InChI is InChI=1S/C5H6N4O3S/c10-5(9-13(11)12)8-4-6-2-1-3-7-4/h1-3H,(H,11,12)(H2,6,7,8,9,10). The lowest BCUT2D eigenvalue weighted by molar-refractivity contribution is 0.256. The van der Waals surface area contributed by atoms with Crippen molar-refractivity contribution >= 4 is 23.2 Å². The zero-order valence-electron chi connectivity index (χ0n) is 6.30. The summed E-state index contributed by atoms with van der Waals surface area (Å²) in [6, 6.07) is 0.736. The third-order valence-electron chi connectivity index (χ3n) is 0.971. The largest absolute Gasteiger partial charge is 0.335 e. The summed E-state index contributed by atoms with van der Waals surface area (Å²) in [5.41, 5.74) is 0. The second kappa shape index (κ2) is 4.48. The van der Waals surface area contributed by atoms with Crippen LogP contribution in [0.15, 0.2) is 18.5 Å². The molecule has 0 aromatic carbocycles. The van der Waals surface area contributed by atoms with E-state index in [0.29, 0.717) is 0 Å². The summed E-state index contributed by atoms with van der Waals surface area (Å²) >= 11 is -2.39. The minimum Gasteiger partial charge on any atom is -0.289 e. The first kappa shape index (κ1) is 9.55. The summed E-state index contributed by atoms with van der Waals surface area (Å²) < 4.78 is 20.0. The van der Waals surface area contributed by atoms with E-state index in [1.165, 1.54) is 12.4 Å². The quantitative estimate of drug-likeness (QED) is 0.573. The van der Waals surface area contributed by atoms with Gasteiger partial charge in [-0.15, -0.1) is 0 Å². The molecule has 2 amide bonds. The fourth-order valence-electron chi connectivity index (χ4n) is 0.570. The molecule has 1 atom stereocenters. The molecule has 8 heteroatoms. The first-order chi connectivity index (χ1) is 6.18. The van der Waals surface area contributed by atoms with Crippen LogP contribution in [-0.2, 0) is 11.3 Å². The van der Waals surface area contributed by atoms with Gasteiger partial charge in [0.05, 0.1) is 0 Å². The monoisotopic (exact) mass is 202 g/mol. The minimum absolute atomic E-state index is 0.0606. The number of nitrogens with zero attached hydrogens (tertiary/aromatic N) is 2. The highest BCUT2D eigenvalue weighted by Gasteiger charge is 2.04. The summed E-state index contributed by atoms with van der Waals surface area (Å²) in [5, 5.41) is 2.15. The molecular weight excluding hydrogens is 196 g/mol. The zero-order valence-corrected chi connectivity index (χ0v) is 7.11. The van der Waals surface area contributed by atoms with Gasteiger partial charge in [0.2, 0.25) is 5.95 Å². The van der Waals surface area contributed by atoms with E-state index < -0.39 is 17.3 Å². The Morgan fingerprint density at radius 3 is 2.62 bits per heavy atom. The van der Waals surface area contributed by atoms with Crippen LogP contribution in [0, 0.1) is 0 Å². The van der Waals surface area contributed by atoms with Crippen molar-refractivity contribution in [2.45, 2.75) is 0 Å². The molecule has 1 rings (SSSR count). The van der Waals surface area contributed by atoms with Crippen LogP contribution < -0.4 is 10.0 Å². The van der Waals surface area contributed by atoms with Crippen LogP contribution in [0.4, 0.5) is 10.7 Å². The van der Waals surface area contributed by atoms with Gasteiger partial charge in [0.25, 0.3) is 11.3 Å². The molecule has 1 aromatic rings. The summed E-state index contributed by atoms with van der Waals surface area (Å²) in [7, 11) is 0. The zero-order chi connectivity index (χ0) is 9.68. The van der Waals surface area contributed by atoms with E-state index in [4.69, 9.17) is 4.55 Å². The molecule has 0 spiro atoms. The predicted molar refractivity (Wildman–Crippen MR) is 45.0 cm³/mol. The van der Waals surface area contributed by atoms with Crippen LogP contribution in [0.5, 0.6) is 0 Å².